The van der Waals surface area contributed by atoms with Crippen LogP contribution in [0, 0.1) is 0 Å². The number of carbonyl (C=O) groups excluding carboxylic acids is 4. The number of imide groups is 1. The third kappa shape index (κ3) is 5.19. The van der Waals surface area contributed by atoms with Crippen LogP contribution in [0.4, 0.5) is 4.79 Å². The smallest absolute Gasteiger partial charge is 0.325 e. The molecule has 1 aliphatic heterocycles. The minimum absolute atomic E-state index is 0.0466. The Bertz CT molecular complexity index is 1070. The van der Waals surface area contributed by atoms with Crippen molar-refractivity contribution in [2.45, 2.75) is 44.1 Å². The molecule has 0 unspecified atom stereocenters. The van der Waals surface area contributed by atoms with Crippen LogP contribution in [-0.4, -0.2) is 47.3 Å². The number of hydrogen-bond donors (Lipinski definition) is 3. The van der Waals surface area contributed by atoms with Gasteiger partial charge in [-0.1, -0.05) is 67.8 Å². The Hall–Kier alpha value is -3.88. The Kier molecular flexibility index (Phi) is 7.10. The van der Waals surface area contributed by atoms with Gasteiger partial charge >= 0.3 is 6.03 Å². The predicted octanol–water partition coefficient (Wildman–Crippen LogP) is 2.52. The second kappa shape index (κ2) is 10.4. The summed E-state index contributed by atoms with van der Waals surface area (Å²) in [5, 5.41) is 2.81. The SMILES string of the molecule is O=C(CCN1C(=O)NC2(CCCCC2)C1=O)NNC(=O)COc1ccccc1-c1ccccc1. The zero-order chi connectivity index (χ0) is 24.0. The molecule has 0 aromatic heterocycles. The number of rotatable bonds is 7. The monoisotopic (exact) mass is 464 g/mol. The van der Waals surface area contributed by atoms with Gasteiger partial charge < -0.3 is 10.1 Å². The van der Waals surface area contributed by atoms with Gasteiger partial charge in [-0.05, 0) is 24.5 Å². The fraction of sp³-hybridized carbons (Fsp3) is 0.360. The summed E-state index contributed by atoms with van der Waals surface area (Å²) in [7, 11) is 0. The van der Waals surface area contributed by atoms with Crippen LogP contribution < -0.4 is 20.9 Å². The van der Waals surface area contributed by atoms with E-state index in [1.165, 1.54) is 0 Å². The molecule has 178 valence electrons. The van der Waals surface area contributed by atoms with Crippen LogP contribution in [0.15, 0.2) is 54.6 Å². The highest BCUT2D eigenvalue weighted by Crippen LogP contribution is 2.33. The van der Waals surface area contributed by atoms with E-state index in [1.54, 1.807) is 6.07 Å². The first-order chi connectivity index (χ1) is 16.5. The molecule has 1 heterocycles. The van der Waals surface area contributed by atoms with Gasteiger partial charge in [-0.2, -0.15) is 0 Å². The zero-order valence-electron chi connectivity index (χ0n) is 18.8. The molecule has 9 heteroatoms. The van der Waals surface area contributed by atoms with Gasteiger partial charge in [-0.25, -0.2) is 4.79 Å². The lowest BCUT2D eigenvalue weighted by atomic mass is 9.82. The molecule has 3 N–H and O–H groups in total. The number of amides is 5. The lowest BCUT2D eigenvalue weighted by Crippen LogP contribution is -2.48. The van der Waals surface area contributed by atoms with Crippen LogP contribution in [0.2, 0.25) is 0 Å². The van der Waals surface area contributed by atoms with Crippen molar-refractivity contribution < 1.29 is 23.9 Å². The maximum atomic E-state index is 12.7. The van der Waals surface area contributed by atoms with Gasteiger partial charge in [0.15, 0.2) is 6.61 Å². The lowest BCUT2D eigenvalue weighted by molar-refractivity contribution is -0.133. The lowest BCUT2D eigenvalue weighted by Gasteiger charge is -2.30. The first-order valence-corrected chi connectivity index (χ1v) is 11.5. The van der Waals surface area contributed by atoms with E-state index in [1.807, 2.05) is 48.5 Å². The number of nitrogens with one attached hydrogen (secondary N) is 3. The second-order valence-corrected chi connectivity index (χ2v) is 8.53. The molecule has 0 atom stereocenters. The summed E-state index contributed by atoms with van der Waals surface area (Å²) in [5.41, 5.74) is 5.60. The fourth-order valence-electron chi connectivity index (χ4n) is 4.42. The van der Waals surface area contributed by atoms with E-state index >= 15 is 0 Å². The van der Waals surface area contributed by atoms with Gasteiger partial charge in [0.05, 0.1) is 0 Å². The van der Waals surface area contributed by atoms with Gasteiger partial charge in [-0.15, -0.1) is 0 Å². The average Bonchev–Trinajstić information content (AvgIpc) is 3.09. The van der Waals surface area contributed by atoms with Gasteiger partial charge in [-0.3, -0.25) is 30.1 Å². The van der Waals surface area contributed by atoms with E-state index in [4.69, 9.17) is 4.74 Å². The topological polar surface area (TPSA) is 117 Å². The van der Waals surface area contributed by atoms with Crippen molar-refractivity contribution in [3.8, 4) is 16.9 Å². The number of ether oxygens (including phenoxy) is 1. The number of nitrogens with zero attached hydrogens (tertiary/aromatic N) is 1. The Morgan fingerprint density at radius 3 is 2.35 bits per heavy atom. The van der Waals surface area contributed by atoms with E-state index in [0.29, 0.717) is 18.6 Å². The van der Waals surface area contributed by atoms with Crippen LogP contribution in [0.5, 0.6) is 5.75 Å². The van der Waals surface area contributed by atoms with E-state index in [2.05, 4.69) is 16.2 Å². The Morgan fingerprint density at radius 1 is 0.912 bits per heavy atom. The van der Waals surface area contributed by atoms with Crippen molar-refractivity contribution >= 4 is 23.8 Å². The molecule has 1 aliphatic carbocycles. The van der Waals surface area contributed by atoms with E-state index in [9.17, 15) is 19.2 Å². The Morgan fingerprint density at radius 2 is 1.59 bits per heavy atom. The molecule has 0 bridgehead atoms. The molecule has 5 amide bonds. The number of para-hydroxylation sites is 1. The fourth-order valence-corrected chi connectivity index (χ4v) is 4.42. The number of hydrazine groups is 1. The molecule has 0 radical (unpaired) electrons. The largest absolute Gasteiger partial charge is 0.483 e. The summed E-state index contributed by atoms with van der Waals surface area (Å²) < 4.78 is 5.65. The van der Waals surface area contributed by atoms with Gasteiger partial charge in [0.25, 0.3) is 11.8 Å². The summed E-state index contributed by atoms with van der Waals surface area (Å²) in [6, 6.07) is 16.6. The quantitative estimate of drug-likeness (QED) is 0.430. The van der Waals surface area contributed by atoms with E-state index in [-0.39, 0.29) is 25.5 Å². The molecule has 2 fully saturated rings. The van der Waals surface area contributed by atoms with Crippen molar-refractivity contribution in [1.82, 2.24) is 21.1 Å². The normalized spacial score (nSPS) is 16.8. The maximum absolute atomic E-state index is 12.7. The molecule has 2 aliphatic rings. The number of urea groups is 1. The average molecular weight is 465 g/mol. The summed E-state index contributed by atoms with van der Waals surface area (Å²) in [6.07, 6.45) is 3.98. The summed E-state index contributed by atoms with van der Waals surface area (Å²) >= 11 is 0. The third-order valence-electron chi connectivity index (χ3n) is 6.19. The molecule has 2 aromatic carbocycles. The van der Waals surface area contributed by atoms with Crippen LogP contribution in [0.3, 0.4) is 0 Å². The van der Waals surface area contributed by atoms with Crippen molar-refractivity contribution in [2.24, 2.45) is 0 Å². The van der Waals surface area contributed by atoms with Crippen molar-refractivity contribution in [3.63, 3.8) is 0 Å². The second-order valence-electron chi connectivity index (χ2n) is 8.53. The predicted molar refractivity (Wildman–Crippen MR) is 124 cm³/mol. The first-order valence-electron chi connectivity index (χ1n) is 11.5. The number of carbonyl (C=O) groups is 4. The van der Waals surface area contributed by atoms with Crippen LogP contribution in [0.1, 0.15) is 38.5 Å². The summed E-state index contributed by atoms with van der Waals surface area (Å²) in [5.74, 6) is -0.763. The van der Waals surface area contributed by atoms with Gasteiger partial charge in [0, 0.05) is 18.5 Å². The molecule has 2 aromatic rings. The Labute approximate surface area is 197 Å². The van der Waals surface area contributed by atoms with Crippen LogP contribution in [0.25, 0.3) is 11.1 Å². The highest BCUT2D eigenvalue weighted by Gasteiger charge is 2.51. The highest BCUT2D eigenvalue weighted by molar-refractivity contribution is 6.07. The number of hydrogen-bond acceptors (Lipinski definition) is 5. The van der Waals surface area contributed by atoms with Crippen LogP contribution >= 0.6 is 0 Å². The Balaban J connectivity index is 1.22. The molecule has 34 heavy (non-hydrogen) atoms. The van der Waals surface area contributed by atoms with Crippen molar-refractivity contribution in [1.29, 1.82) is 0 Å². The zero-order valence-corrected chi connectivity index (χ0v) is 18.8. The van der Waals surface area contributed by atoms with Gasteiger partial charge in [0.2, 0.25) is 5.91 Å². The van der Waals surface area contributed by atoms with Gasteiger partial charge in [0.1, 0.15) is 11.3 Å². The molecule has 1 saturated carbocycles. The summed E-state index contributed by atoms with van der Waals surface area (Å²) in [6.45, 7) is -0.339. The third-order valence-corrected chi connectivity index (χ3v) is 6.19. The molecule has 9 nitrogen and oxygen atoms in total. The first kappa shape index (κ1) is 23.3. The van der Waals surface area contributed by atoms with E-state index < -0.39 is 23.4 Å². The molecule has 1 saturated heterocycles. The molecular weight excluding hydrogens is 436 g/mol. The van der Waals surface area contributed by atoms with Crippen LogP contribution in [-0.2, 0) is 14.4 Å². The summed E-state index contributed by atoms with van der Waals surface area (Å²) in [4.78, 5) is 50.4. The minimum Gasteiger partial charge on any atom is -0.483 e. The maximum Gasteiger partial charge on any atom is 0.325 e. The number of benzene rings is 2. The standard InChI is InChI=1S/C25H28N4O5/c30-21(13-16-29-23(32)25(26-24(29)33)14-7-2-8-15-25)27-28-22(31)17-34-20-12-6-5-11-19(20)18-9-3-1-4-10-18/h1,3-6,9-12H,2,7-8,13-17H2,(H,26,33)(H,27,30)(H,28,31). The van der Waals surface area contributed by atoms with Crippen molar-refractivity contribution in [2.75, 3.05) is 13.2 Å². The molecule has 1 spiro atoms. The molecular formula is C25H28N4O5. The van der Waals surface area contributed by atoms with E-state index in [0.717, 1.165) is 35.3 Å². The minimum atomic E-state index is -0.812. The molecule has 4 rings (SSSR count). The highest BCUT2D eigenvalue weighted by atomic mass is 16.5. The van der Waals surface area contributed by atoms with Crippen molar-refractivity contribution in [3.05, 3.63) is 54.6 Å².